The molecule has 1 aromatic heterocycles. The van der Waals surface area contributed by atoms with Gasteiger partial charge in [0.2, 0.25) is 5.75 Å². The van der Waals surface area contributed by atoms with Crippen molar-refractivity contribution in [2.24, 2.45) is 0 Å². The van der Waals surface area contributed by atoms with E-state index in [0.717, 1.165) is 5.56 Å². The molecule has 2 heterocycles. The Morgan fingerprint density at radius 3 is 2.78 bits per heavy atom. The standard InChI is InChI=1S/C16H13BrN2O4/c17-11-7-4-8-19-14(11)18-12(16(21)22)13(15(19)20)23-9-10-5-2-1-3-6-10/h1-3,5-7H,4,8-9H2,(H,21,22). The minimum atomic E-state index is -1.29. The van der Waals surface area contributed by atoms with Gasteiger partial charge in [-0.15, -0.1) is 0 Å². The normalized spacial score (nSPS) is 13.2. The van der Waals surface area contributed by atoms with E-state index in [0.29, 0.717) is 23.3 Å². The Bertz CT molecular complexity index is 843. The largest absolute Gasteiger partial charge is 0.481 e. The third-order valence-electron chi connectivity index (χ3n) is 3.45. The van der Waals surface area contributed by atoms with Crippen LogP contribution in [0.1, 0.15) is 28.3 Å². The SMILES string of the molecule is O=C(O)c1nc2n(c(=O)c1OCc1ccccc1)CCC=C2Br. The second kappa shape index (κ2) is 6.37. The maximum absolute atomic E-state index is 12.6. The summed E-state index contributed by atoms with van der Waals surface area (Å²) in [5, 5.41) is 9.35. The number of rotatable bonds is 4. The summed E-state index contributed by atoms with van der Waals surface area (Å²) in [6.45, 7) is 0.548. The lowest BCUT2D eigenvalue weighted by Gasteiger charge is -2.18. The van der Waals surface area contributed by atoms with Crippen molar-refractivity contribution in [1.82, 2.24) is 9.55 Å². The minimum absolute atomic E-state index is 0.106. The number of halogens is 1. The van der Waals surface area contributed by atoms with Gasteiger partial charge in [-0.1, -0.05) is 36.4 Å². The van der Waals surface area contributed by atoms with Crippen LogP contribution in [-0.2, 0) is 13.2 Å². The first-order chi connectivity index (χ1) is 11.1. The van der Waals surface area contributed by atoms with Gasteiger partial charge in [-0.05, 0) is 27.9 Å². The van der Waals surface area contributed by atoms with Gasteiger partial charge < -0.3 is 9.84 Å². The molecule has 1 N–H and O–H groups in total. The van der Waals surface area contributed by atoms with Crippen LogP contribution in [0.2, 0.25) is 0 Å². The zero-order valence-electron chi connectivity index (χ0n) is 12.0. The van der Waals surface area contributed by atoms with E-state index in [1.54, 1.807) is 0 Å². The first kappa shape index (κ1) is 15.5. The molecule has 0 aliphatic carbocycles. The lowest BCUT2D eigenvalue weighted by Crippen LogP contribution is -2.30. The topological polar surface area (TPSA) is 81.4 Å². The predicted molar refractivity (Wildman–Crippen MR) is 87.8 cm³/mol. The van der Waals surface area contributed by atoms with Crippen LogP contribution >= 0.6 is 15.9 Å². The molecule has 0 radical (unpaired) electrons. The number of carboxylic acids is 1. The molecule has 2 aromatic rings. The van der Waals surface area contributed by atoms with Crippen LogP contribution in [-0.4, -0.2) is 20.6 Å². The molecular weight excluding hydrogens is 364 g/mol. The Morgan fingerprint density at radius 1 is 1.35 bits per heavy atom. The molecule has 0 atom stereocenters. The van der Waals surface area contributed by atoms with Crippen molar-refractivity contribution in [3.63, 3.8) is 0 Å². The van der Waals surface area contributed by atoms with E-state index >= 15 is 0 Å². The molecule has 7 heteroatoms. The highest BCUT2D eigenvalue weighted by atomic mass is 79.9. The van der Waals surface area contributed by atoms with Crippen LogP contribution < -0.4 is 10.3 Å². The zero-order chi connectivity index (χ0) is 16.4. The van der Waals surface area contributed by atoms with Crippen LogP contribution in [0.3, 0.4) is 0 Å². The van der Waals surface area contributed by atoms with Gasteiger partial charge in [-0.25, -0.2) is 9.78 Å². The molecule has 1 aromatic carbocycles. The van der Waals surface area contributed by atoms with Gasteiger partial charge in [0, 0.05) is 6.54 Å². The second-order valence-electron chi connectivity index (χ2n) is 4.99. The molecular formula is C16H13BrN2O4. The number of hydrogen-bond acceptors (Lipinski definition) is 4. The minimum Gasteiger partial charge on any atom is -0.481 e. The molecule has 0 unspecified atom stereocenters. The second-order valence-corrected chi connectivity index (χ2v) is 5.84. The molecule has 0 bridgehead atoms. The fraction of sp³-hybridized carbons (Fsp3) is 0.188. The van der Waals surface area contributed by atoms with Crippen LogP contribution in [0.4, 0.5) is 0 Å². The van der Waals surface area contributed by atoms with E-state index in [1.165, 1.54) is 4.57 Å². The van der Waals surface area contributed by atoms with Crippen LogP contribution in [0.5, 0.6) is 5.75 Å². The van der Waals surface area contributed by atoms with Gasteiger partial charge in [0.1, 0.15) is 6.61 Å². The molecule has 0 saturated heterocycles. The highest BCUT2D eigenvalue weighted by Crippen LogP contribution is 2.26. The number of fused-ring (bicyclic) bond motifs is 1. The van der Waals surface area contributed by atoms with Gasteiger partial charge in [0.05, 0.1) is 4.48 Å². The van der Waals surface area contributed by atoms with E-state index in [1.807, 2.05) is 36.4 Å². The highest BCUT2D eigenvalue weighted by Gasteiger charge is 2.25. The molecule has 6 nitrogen and oxygen atoms in total. The summed E-state index contributed by atoms with van der Waals surface area (Å²) in [5.41, 5.74) is -0.00940. The predicted octanol–water partition coefficient (Wildman–Crippen LogP) is 2.66. The molecule has 23 heavy (non-hydrogen) atoms. The Balaban J connectivity index is 2.03. The van der Waals surface area contributed by atoms with Crippen LogP contribution in [0.25, 0.3) is 4.48 Å². The van der Waals surface area contributed by atoms with Gasteiger partial charge >= 0.3 is 5.97 Å². The average molecular weight is 377 g/mol. The molecule has 3 rings (SSSR count). The third-order valence-corrected chi connectivity index (χ3v) is 4.12. The van der Waals surface area contributed by atoms with E-state index in [2.05, 4.69) is 20.9 Å². The first-order valence-electron chi connectivity index (χ1n) is 6.99. The molecule has 0 amide bonds. The van der Waals surface area contributed by atoms with E-state index < -0.39 is 11.5 Å². The first-order valence-corrected chi connectivity index (χ1v) is 7.78. The van der Waals surface area contributed by atoms with Crippen molar-refractivity contribution in [1.29, 1.82) is 0 Å². The zero-order valence-corrected chi connectivity index (χ0v) is 13.6. The number of carboxylic acid groups (broad SMARTS) is 1. The van der Waals surface area contributed by atoms with Gasteiger partial charge in [-0.2, -0.15) is 0 Å². The summed E-state index contributed by atoms with van der Waals surface area (Å²) in [5.74, 6) is -1.21. The maximum atomic E-state index is 12.6. The summed E-state index contributed by atoms with van der Waals surface area (Å²) >= 11 is 3.31. The smallest absolute Gasteiger partial charge is 0.358 e. The van der Waals surface area contributed by atoms with Crippen LogP contribution in [0, 0.1) is 0 Å². The van der Waals surface area contributed by atoms with Crippen molar-refractivity contribution in [2.45, 2.75) is 19.6 Å². The van der Waals surface area contributed by atoms with Crippen molar-refractivity contribution >= 4 is 26.4 Å². The van der Waals surface area contributed by atoms with E-state index in [-0.39, 0.29) is 18.1 Å². The van der Waals surface area contributed by atoms with Crippen LogP contribution in [0.15, 0.2) is 41.2 Å². The number of carbonyl (C=O) groups is 1. The number of hydrogen-bond donors (Lipinski definition) is 1. The van der Waals surface area contributed by atoms with Crippen molar-refractivity contribution < 1.29 is 14.6 Å². The Hall–Kier alpha value is -2.41. The number of allylic oxidation sites excluding steroid dienone is 1. The molecule has 1 aliphatic heterocycles. The number of nitrogens with zero attached hydrogens (tertiary/aromatic N) is 2. The maximum Gasteiger partial charge on any atom is 0.358 e. The fourth-order valence-electron chi connectivity index (χ4n) is 2.34. The molecule has 0 fully saturated rings. The molecule has 118 valence electrons. The number of benzene rings is 1. The number of ether oxygens (including phenoxy) is 1. The fourth-order valence-corrected chi connectivity index (χ4v) is 2.87. The van der Waals surface area contributed by atoms with Gasteiger partial charge in [0.15, 0.2) is 11.5 Å². The monoisotopic (exact) mass is 376 g/mol. The Labute approximate surface area is 140 Å². The Kier molecular flexibility index (Phi) is 4.29. The number of aromatic nitrogens is 2. The third kappa shape index (κ3) is 3.05. The number of aromatic carboxylic acids is 1. The van der Waals surface area contributed by atoms with Gasteiger partial charge in [-0.3, -0.25) is 9.36 Å². The van der Waals surface area contributed by atoms with E-state index in [9.17, 15) is 14.7 Å². The summed E-state index contributed by atoms with van der Waals surface area (Å²) in [7, 11) is 0. The average Bonchev–Trinajstić information content (AvgIpc) is 2.55. The lowest BCUT2D eigenvalue weighted by atomic mass is 10.2. The van der Waals surface area contributed by atoms with Crippen molar-refractivity contribution in [2.75, 3.05) is 0 Å². The summed E-state index contributed by atoms with van der Waals surface area (Å²) in [6, 6.07) is 9.23. The summed E-state index contributed by atoms with van der Waals surface area (Å²) < 4.78 is 7.54. The molecule has 1 aliphatic rings. The summed E-state index contributed by atoms with van der Waals surface area (Å²) in [4.78, 5) is 28.1. The van der Waals surface area contributed by atoms with Crippen molar-refractivity contribution in [3.8, 4) is 5.75 Å². The molecule has 0 saturated carbocycles. The summed E-state index contributed by atoms with van der Waals surface area (Å²) in [6.07, 6.45) is 2.53. The Morgan fingerprint density at radius 2 is 2.09 bits per heavy atom. The van der Waals surface area contributed by atoms with E-state index in [4.69, 9.17) is 4.74 Å². The quantitative estimate of drug-likeness (QED) is 0.886. The lowest BCUT2D eigenvalue weighted by molar-refractivity contribution is 0.0683. The molecule has 0 spiro atoms. The van der Waals surface area contributed by atoms with Gasteiger partial charge in [0.25, 0.3) is 5.56 Å². The van der Waals surface area contributed by atoms with Crippen molar-refractivity contribution in [3.05, 3.63) is 63.8 Å². The highest BCUT2D eigenvalue weighted by molar-refractivity contribution is 9.15.